The van der Waals surface area contributed by atoms with Gasteiger partial charge in [0.1, 0.15) is 11.9 Å². The Labute approximate surface area is 162 Å². The van der Waals surface area contributed by atoms with Gasteiger partial charge >= 0.3 is 0 Å². The molecule has 28 heavy (non-hydrogen) atoms. The highest BCUT2D eigenvalue weighted by Crippen LogP contribution is 2.44. The number of rotatable bonds is 3. The third-order valence-corrected chi connectivity index (χ3v) is 5.20. The lowest BCUT2D eigenvalue weighted by molar-refractivity contribution is 0.450. The van der Waals surface area contributed by atoms with Crippen molar-refractivity contribution < 1.29 is 0 Å². The molecule has 6 nitrogen and oxygen atoms in total. The lowest BCUT2D eigenvalue weighted by Crippen LogP contribution is -2.43. The molecule has 0 amide bonds. The van der Waals surface area contributed by atoms with Crippen molar-refractivity contribution in [3.8, 4) is 11.1 Å². The molecule has 136 valence electrons. The summed E-state index contributed by atoms with van der Waals surface area (Å²) in [4.78, 5) is 17.2. The zero-order valence-electron chi connectivity index (χ0n) is 15.0. The van der Waals surface area contributed by atoms with Gasteiger partial charge in [0.25, 0.3) is 0 Å². The second-order valence-corrected chi connectivity index (χ2v) is 6.76. The van der Waals surface area contributed by atoms with Crippen LogP contribution in [0.3, 0.4) is 0 Å². The average molecular weight is 366 g/mol. The number of nitrogens with two attached hydrogens (primary N) is 1. The Morgan fingerprint density at radius 1 is 0.821 bits per heavy atom. The van der Waals surface area contributed by atoms with Gasteiger partial charge in [0.05, 0.1) is 11.9 Å². The minimum atomic E-state index is -0.662. The largest absolute Gasteiger partial charge is 0.312 e. The fourth-order valence-electron chi connectivity index (χ4n) is 3.95. The van der Waals surface area contributed by atoms with Gasteiger partial charge in [-0.3, -0.25) is 15.3 Å². The number of aromatic nitrogens is 4. The van der Waals surface area contributed by atoms with E-state index in [2.05, 4.69) is 38.5 Å². The summed E-state index contributed by atoms with van der Waals surface area (Å²) >= 11 is 0. The van der Waals surface area contributed by atoms with Crippen LogP contribution < -0.4 is 11.1 Å². The smallest absolute Gasteiger partial charge is 0.115 e. The van der Waals surface area contributed by atoms with Crippen molar-refractivity contribution in [1.29, 1.82) is 0 Å². The summed E-state index contributed by atoms with van der Waals surface area (Å²) in [5.74, 6) is 0. The molecule has 4 heterocycles. The SMILES string of the molecule is NC1NC(c2ccncc2)(c2cccc(-c3cncnc3)c2)c2ncccc21. The van der Waals surface area contributed by atoms with Crippen LogP contribution in [0.1, 0.15) is 28.6 Å². The highest BCUT2D eigenvalue weighted by molar-refractivity contribution is 5.65. The Morgan fingerprint density at radius 2 is 1.64 bits per heavy atom. The van der Waals surface area contributed by atoms with Crippen LogP contribution in [0.15, 0.2) is 85.8 Å². The van der Waals surface area contributed by atoms with Crippen LogP contribution >= 0.6 is 0 Å². The van der Waals surface area contributed by atoms with E-state index in [9.17, 15) is 0 Å². The molecule has 5 rings (SSSR count). The second kappa shape index (κ2) is 6.60. The lowest BCUT2D eigenvalue weighted by atomic mass is 9.80. The van der Waals surface area contributed by atoms with Gasteiger partial charge in [-0.15, -0.1) is 0 Å². The Bertz CT molecular complexity index is 1120. The molecule has 0 bridgehead atoms. The van der Waals surface area contributed by atoms with Gasteiger partial charge < -0.3 is 5.73 Å². The van der Waals surface area contributed by atoms with E-state index in [-0.39, 0.29) is 6.17 Å². The summed E-state index contributed by atoms with van der Waals surface area (Å²) in [5, 5.41) is 3.60. The van der Waals surface area contributed by atoms with Gasteiger partial charge in [-0.2, -0.15) is 0 Å². The lowest BCUT2D eigenvalue weighted by Gasteiger charge is -2.32. The molecule has 0 spiro atoms. The fourth-order valence-corrected chi connectivity index (χ4v) is 3.95. The molecule has 6 heteroatoms. The molecule has 0 saturated carbocycles. The van der Waals surface area contributed by atoms with E-state index in [1.165, 1.54) is 6.33 Å². The number of fused-ring (bicyclic) bond motifs is 1. The molecule has 2 atom stereocenters. The molecule has 3 aromatic heterocycles. The number of benzene rings is 1. The third-order valence-electron chi connectivity index (χ3n) is 5.20. The number of hydrogen-bond acceptors (Lipinski definition) is 6. The standard InChI is InChI=1S/C22H18N6/c23-21-19-5-2-8-27-20(19)22(28-21,17-6-9-24-10-7-17)18-4-1-3-15(11-18)16-12-25-14-26-13-16/h1-14,21,28H,23H2. The first-order chi connectivity index (χ1) is 13.8. The topological polar surface area (TPSA) is 89.6 Å². The van der Waals surface area contributed by atoms with Gasteiger partial charge in [-0.25, -0.2) is 9.97 Å². The zero-order chi connectivity index (χ0) is 19.0. The van der Waals surface area contributed by atoms with Crippen LogP contribution in [0.25, 0.3) is 11.1 Å². The van der Waals surface area contributed by atoms with Gasteiger partial charge in [0.15, 0.2) is 0 Å². The van der Waals surface area contributed by atoms with Gasteiger partial charge in [0, 0.05) is 42.1 Å². The van der Waals surface area contributed by atoms with Crippen LogP contribution in [0.5, 0.6) is 0 Å². The molecule has 1 aliphatic rings. The quantitative estimate of drug-likeness (QED) is 0.579. The van der Waals surface area contributed by atoms with E-state index in [1.54, 1.807) is 12.4 Å². The number of nitrogens with zero attached hydrogens (tertiary/aromatic N) is 4. The molecule has 1 aliphatic heterocycles. The van der Waals surface area contributed by atoms with Crippen LogP contribution in [0.2, 0.25) is 0 Å². The maximum Gasteiger partial charge on any atom is 0.115 e. The maximum atomic E-state index is 6.46. The number of pyridine rings is 2. The fraction of sp³-hybridized carbons (Fsp3) is 0.0909. The summed E-state index contributed by atoms with van der Waals surface area (Å²) in [5.41, 5.74) is 11.8. The van der Waals surface area contributed by atoms with Crippen LogP contribution in [-0.4, -0.2) is 19.9 Å². The molecule has 2 unspecified atom stereocenters. The Hall–Kier alpha value is -3.48. The maximum absolute atomic E-state index is 6.46. The monoisotopic (exact) mass is 366 g/mol. The van der Waals surface area contributed by atoms with Gasteiger partial charge in [-0.1, -0.05) is 24.3 Å². The van der Waals surface area contributed by atoms with E-state index in [4.69, 9.17) is 10.7 Å². The number of nitrogens with one attached hydrogen (secondary N) is 1. The van der Waals surface area contributed by atoms with E-state index in [0.717, 1.165) is 33.5 Å². The number of hydrogen-bond donors (Lipinski definition) is 2. The van der Waals surface area contributed by atoms with Crippen LogP contribution in [-0.2, 0) is 5.54 Å². The van der Waals surface area contributed by atoms with E-state index < -0.39 is 5.54 Å². The normalized spacial score (nSPS) is 20.7. The summed E-state index contributed by atoms with van der Waals surface area (Å²) < 4.78 is 0. The van der Waals surface area contributed by atoms with Crippen molar-refractivity contribution in [2.75, 3.05) is 0 Å². The predicted octanol–water partition coefficient (Wildman–Crippen LogP) is 2.79. The van der Waals surface area contributed by atoms with Crippen molar-refractivity contribution in [2.45, 2.75) is 11.7 Å². The van der Waals surface area contributed by atoms with E-state index >= 15 is 0 Å². The predicted molar refractivity (Wildman–Crippen MR) is 106 cm³/mol. The first-order valence-electron chi connectivity index (χ1n) is 9.04. The Balaban J connectivity index is 1.77. The van der Waals surface area contributed by atoms with Crippen molar-refractivity contribution in [2.24, 2.45) is 5.73 Å². The highest BCUT2D eigenvalue weighted by Gasteiger charge is 2.46. The second-order valence-electron chi connectivity index (χ2n) is 6.76. The molecule has 1 aromatic carbocycles. The molecule has 0 saturated heterocycles. The molecule has 0 radical (unpaired) electrons. The minimum absolute atomic E-state index is 0.319. The molecular weight excluding hydrogens is 348 g/mol. The van der Waals surface area contributed by atoms with Gasteiger partial charge in [0.2, 0.25) is 0 Å². The molecule has 0 aliphatic carbocycles. The molecule has 0 fully saturated rings. The summed E-state index contributed by atoms with van der Waals surface area (Å²) in [6, 6.07) is 16.3. The van der Waals surface area contributed by atoms with Crippen LogP contribution in [0, 0.1) is 0 Å². The van der Waals surface area contributed by atoms with Gasteiger partial charge in [-0.05, 0) is 41.0 Å². The molecular formula is C22H18N6. The van der Waals surface area contributed by atoms with E-state index in [1.807, 2.05) is 48.9 Å². The van der Waals surface area contributed by atoms with Crippen LogP contribution in [0.4, 0.5) is 0 Å². The Kier molecular flexibility index (Phi) is 3.93. The van der Waals surface area contributed by atoms with Crippen molar-refractivity contribution >= 4 is 0 Å². The highest BCUT2D eigenvalue weighted by atomic mass is 15.1. The van der Waals surface area contributed by atoms with Crippen molar-refractivity contribution in [3.63, 3.8) is 0 Å². The summed E-state index contributed by atoms with van der Waals surface area (Å²) in [7, 11) is 0. The minimum Gasteiger partial charge on any atom is -0.312 e. The average Bonchev–Trinajstić information content (AvgIpc) is 3.09. The van der Waals surface area contributed by atoms with E-state index in [0.29, 0.717) is 0 Å². The van der Waals surface area contributed by atoms with Crippen molar-refractivity contribution in [3.05, 3.63) is 108 Å². The first-order valence-corrected chi connectivity index (χ1v) is 9.04. The van der Waals surface area contributed by atoms with Crippen molar-refractivity contribution in [1.82, 2.24) is 25.3 Å². The Morgan fingerprint density at radius 3 is 2.46 bits per heavy atom. The summed E-state index contributed by atoms with van der Waals surface area (Å²) in [6.07, 6.45) is 10.2. The first kappa shape index (κ1) is 16.7. The molecule has 3 N–H and O–H groups in total. The summed E-state index contributed by atoms with van der Waals surface area (Å²) in [6.45, 7) is 0. The third kappa shape index (κ3) is 2.51. The molecule has 4 aromatic rings. The zero-order valence-corrected chi connectivity index (χ0v) is 15.0.